The number of anilines is 1. The number of aromatic nitrogens is 5. The summed E-state index contributed by atoms with van der Waals surface area (Å²) in [4.78, 5) is 18.6. The Bertz CT molecular complexity index is 1300. The van der Waals surface area contributed by atoms with Crippen molar-refractivity contribution in [3.05, 3.63) is 59.9 Å². The van der Waals surface area contributed by atoms with E-state index in [1.165, 1.54) is 12.1 Å². The van der Waals surface area contributed by atoms with Gasteiger partial charge in [0.2, 0.25) is 5.72 Å². The van der Waals surface area contributed by atoms with Crippen LogP contribution in [0, 0.1) is 5.82 Å². The lowest BCUT2D eigenvalue weighted by atomic mass is 10.1. The second kappa shape index (κ2) is 6.61. The predicted octanol–water partition coefficient (Wildman–Crippen LogP) is 3.00. The van der Waals surface area contributed by atoms with Crippen LogP contribution in [0.1, 0.15) is 37.9 Å². The highest BCUT2D eigenvalue weighted by atomic mass is 19.1. The lowest BCUT2D eigenvalue weighted by Gasteiger charge is -2.17. The standard InChI is InChI=1S/C20H19FN8O/c1-11(13-8-12(21)9-15-17(13)23-6-5-22-15)25-16-4-7-29-19(26-16)14(10-24-29)18-27-20(2,3)30-28-18/h4-11H,1-3H3,(H,25,26)(H,27,28)/t11-/m1/s1. The van der Waals surface area contributed by atoms with Crippen molar-refractivity contribution < 1.29 is 9.23 Å². The summed E-state index contributed by atoms with van der Waals surface area (Å²) in [5.41, 5.74) is 2.60. The number of halogens is 1. The van der Waals surface area contributed by atoms with Gasteiger partial charge in [-0.25, -0.2) is 13.9 Å². The summed E-state index contributed by atoms with van der Waals surface area (Å²) < 4.78 is 15.8. The Kier molecular flexibility index (Phi) is 4.02. The summed E-state index contributed by atoms with van der Waals surface area (Å²) >= 11 is 0. The zero-order valence-corrected chi connectivity index (χ0v) is 16.6. The molecular weight excluding hydrogens is 387 g/mol. The minimum Gasteiger partial charge on any atom is -0.366 e. The predicted molar refractivity (Wildman–Crippen MR) is 109 cm³/mol. The molecule has 2 N–H and O–H groups in total. The molecule has 5 rings (SSSR count). The first kappa shape index (κ1) is 18.2. The summed E-state index contributed by atoms with van der Waals surface area (Å²) in [6.07, 6.45) is 6.62. The molecule has 4 heterocycles. The van der Waals surface area contributed by atoms with E-state index >= 15 is 0 Å². The van der Waals surface area contributed by atoms with Crippen molar-refractivity contribution in [1.82, 2.24) is 29.9 Å². The van der Waals surface area contributed by atoms with E-state index in [2.05, 4.69) is 35.8 Å². The van der Waals surface area contributed by atoms with Gasteiger partial charge in [0.05, 0.1) is 28.8 Å². The molecule has 1 aromatic carbocycles. The Labute approximate surface area is 171 Å². The Hall–Kier alpha value is -3.82. The smallest absolute Gasteiger partial charge is 0.203 e. The molecule has 0 bridgehead atoms. The van der Waals surface area contributed by atoms with Crippen molar-refractivity contribution in [2.75, 3.05) is 5.32 Å². The molecule has 3 aromatic heterocycles. The van der Waals surface area contributed by atoms with Crippen molar-refractivity contribution in [2.45, 2.75) is 32.5 Å². The SMILES string of the molecule is C[C@@H](Nc1ccn2ncc(C3=NOC(C)(C)N3)c2n1)c1cc(F)cc2nccnc12. The van der Waals surface area contributed by atoms with Crippen LogP contribution in [0.5, 0.6) is 0 Å². The van der Waals surface area contributed by atoms with Crippen LogP contribution < -0.4 is 10.6 Å². The summed E-state index contributed by atoms with van der Waals surface area (Å²) in [5.74, 6) is 0.817. The summed E-state index contributed by atoms with van der Waals surface area (Å²) in [7, 11) is 0. The maximum atomic E-state index is 14.1. The van der Waals surface area contributed by atoms with E-state index in [-0.39, 0.29) is 11.9 Å². The van der Waals surface area contributed by atoms with Crippen LogP contribution in [0.25, 0.3) is 16.7 Å². The number of rotatable bonds is 4. The van der Waals surface area contributed by atoms with Gasteiger partial charge < -0.3 is 15.5 Å². The van der Waals surface area contributed by atoms with Crippen LogP contribution in [0.15, 0.2) is 48.1 Å². The van der Waals surface area contributed by atoms with E-state index in [4.69, 9.17) is 4.84 Å². The number of fused-ring (bicyclic) bond motifs is 2. The van der Waals surface area contributed by atoms with E-state index in [9.17, 15) is 4.39 Å². The number of benzene rings is 1. The fourth-order valence-electron chi connectivity index (χ4n) is 3.42. The first-order valence-corrected chi connectivity index (χ1v) is 9.45. The highest BCUT2D eigenvalue weighted by Crippen LogP contribution is 2.26. The van der Waals surface area contributed by atoms with Crippen LogP contribution in [-0.4, -0.2) is 36.1 Å². The Morgan fingerprint density at radius 2 is 2.07 bits per heavy atom. The summed E-state index contributed by atoms with van der Waals surface area (Å²) in [5, 5.41) is 14.9. The van der Waals surface area contributed by atoms with Gasteiger partial charge >= 0.3 is 0 Å². The van der Waals surface area contributed by atoms with Gasteiger partial charge in [0, 0.05) is 30.2 Å². The van der Waals surface area contributed by atoms with Crippen molar-refractivity contribution in [3.63, 3.8) is 0 Å². The van der Waals surface area contributed by atoms with Gasteiger partial charge in [-0.1, -0.05) is 5.16 Å². The van der Waals surface area contributed by atoms with Crippen molar-refractivity contribution in [2.24, 2.45) is 5.16 Å². The van der Waals surface area contributed by atoms with E-state index in [1.807, 2.05) is 20.8 Å². The third-order valence-electron chi connectivity index (χ3n) is 4.81. The topological polar surface area (TPSA) is 102 Å². The van der Waals surface area contributed by atoms with E-state index < -0.39 is 5.72 Å². The number of hydrogen-bond acceptors (Lipinski definition) is 8. The fraction of sp³-hybridized carbons (Fsp3) is 0.250. The molecule has 0 spiro atoms. The van der Waals surface area contributed by atoms with E-state index in [0.717, 1.165) is 5.56 Å². The maximum Gasteiger partial charge on any atom is 0.203 e. The zero-order valence-electron chi connectivity index (χ0n) is 16.6. The molecule has 0 amide bonds. The van der Waals surface area contributed by atoms with Crippen LogP contribution in [0.2, 0.25) is 0 Å². The van der Waals surface area contributed by atoms with Crippen molar-refractivity contribution in [1.29, 1.82) is 0 Å². The number of hydrogen-bond donors (Lipinski definition) is 2. The number of nitrogens with one attached hydrogen (secondary N) is 2. The minimum atomic E-state index is -0.590. The van der Waals surface area contributed by atoms with Crippen LogP contribution >= 0.6 is 0 Å². The normalized spacial score (nSPS) is 16.2. The highest BCUT2D eigenvalue weighted by Gasteiger charge is 2.30. The van der Waals surface area contributed by atoms with Crippen LogP contribution in [-0.2, 0) is 4.84 Å². The highest BCUT2D eigenvalue weighted by molar-refractivity contribution is 6.04. The van der Waals surface area contributed by atoms with Gasteiger partial charge in [-0.05, 0) is 32.9 Å². The van der Waals surface area contributed by atoms with Crippen molar-refractivity contribution >= 4 is 28.3 Å². The molecule has 0 unspecified atom stereocenters. The average molecular weight is 406 g/mol. The summed E-state index contributed by atoms with van der Waals surface area (Å²) in [6, 6.07) is 4.39. The number of oxime groups is 1. The number of amidine groups is 1. The van der Waals surface area contributed by atoms with Gasteiger partial charge in [-0.2, -0.15) is 5.10 Å². The maximum absolute atomic E-state index is 14.1. The first-order chi connectivity index (χ1) is 14.4. The molecule has 4 aromatic rings. The Morgan fingerprint density at radius 3 is 2.87 bits per heavy atom. The number of nitrogens with zero attached hydrogens (tertiary/aromatic N) is 6. The molecule has 30 heavy (non-hydrogen) atoms. The first-order valence-electron chi connectivity index (χ1n) is 9.45. The Balaban J connectivity index is 1.48. The molecule has 1 aliphatic rings. The quantitative estimate of drug-likeness (QED) is 0.537. The molecule has 9 nitrogen and oxygen atoms in total. The van der Waals surface area contributed by atoms with E-state index in [1.54, 1.807) is 35.4 Å². The third kappa shape index (κ3) is 3.15. The zero-order chi connectivity index (χ0) is 20.9. The van der Waals surface area contributed by atoms with Gasteiger partial charge in [0.25, 0.3) is 0 Å². The van der Waals surface area contributed by atoms with Crippen LogP contribution in [0.4, 0.5) is 10.2 Å². The summed E-state index contributed by atoms with van der Waals surface area (Å²) in [6.45, 7) is 5.68. The van der Waals surface area contributed by atoms with Crippen molar-refractivity contribution in [3.8, 4) is 0 Å². The molecule has 0 radical (unpaired) electrons. The van der Waals surface area contributed by atoms with Gasteiger partial charge in [0.15, 0.2) is 11.5 Å². The second-order valence-corrected chi connectivity index (χ2v) is 7.59. The second-order valence-electron chi connectivity index (χ2n) is 7.59. The minimum absolute atomic E-state index is 0.259. The lowest BCUT2D eigenvalue weighted by Crippen LogP contribution is -2.38. The fourth-order valence-corrected chi connectivity index (χ4v) is 3.42. The molecule has 1 aliphatic heterocycles. The average Bonchev–Trinajstić information content (AvgIpc) is 3.29. The molecular formula is C20H19FN8O. The van der Waals surface area contributed by atoms with Gasteiger partial charge in [-0.3, -0.25) is 9.97 Å². The molecule has 0 aliphatic carbocycles. The molecule has 0 saturated heterocycles. The van der Waals surface area contributed by atoms with Gasteiger partial charge in [0.1, 0.15) is 11.6 Å². The molecule has 10 heteroatoms. The van der Waals surface area contributed by atoms with Crippen LogP contribution in [0.3, 0.4) is 0 Å². The monoisotopic (exact) mass is 406 g/mol. The molecule has 152 valence electrons. The largest absolute Gasteiger partial charge is 0.366 e. The van der Waals surface area contributed by atoms with E-state index in [0.29, 0.717) is 33.9 Å². The lowest BCUT2D eigenvalue weighted by molar-refractivity contribution is -0.00234. The van der Waals surface area contributed by atoms with Gasteiger partial charge in [-0.15, -0.1) is 0 Å². The third-order valence-corrected chi connectivity index (χ3v) is 4.81. The molecule has 0 fully saturated rings. The Morgan fingerprint density at radius 1 is 1.23 bits per heavy atom. The molecule has 1 atom stereocenters. The molecule has 0 saturated carbocycles.